The lowest BCUT2D eigenvalue weighted by Gasteiger charge is -2.29. The van der Waals surface area contributed by atoms with E-state index in [1.165, 1.54) is 18.3 Å². The van der Waals surface area contributed by atoms with E-state index in [-0.39, 0.29) is 18.1 Å². The molecule has 0 heterocycles. The number of nitro benzene ring substituents is 1. The van der Waals surface area contributed by atoms with E-state index in [2.05, 4.69) is 48.4 Å². The van der Waals surface area contributed by atoms with Crippen molar-refractivity contribution in [3.05, 3.63) is 58.1 Å². The monoisotopic (exact) mass is 455 g/mol. The molecule has 0 spiro atoms. The van der Waals surface area contributed by atoms with Crippen molar-refractivity contribution in [3.63, 3.8) is 0 Å². The van der Waals surface area contributed by atoms with Crippen molar-refractivity contribution in [2.45, 2.75) is 27.7 Å². The van der Waals surface area contributed by atoms with Gasteiger partial charge in [0.15, 0.2) is 0 Å². The van der Waals surface area contributed by atoms with Crippen LogP contribution < -0.4 is 20.4 Å². The lowest BCUT2D eigenvalue weighted by molar-refractivity contribution is -0.384. The van der Waals surface area contributed by atoms with Gasteiger partial charge in [-0.25, -0.2) is 5.43 Å². The molecule has 2 rings (SSSR count). The fourth-order valence-electron chi connectivity index (χ4n) is 3.38. The number of ether oxygens (including phenoxy) is 1. The van der Waals surface area contributed by atoms with Crippen LogP contribution in [-0.2, 0) is 4.79 Å². The Bertz CT molecular complexity index is 965. The second kappa shape index (κ2) is 12.4. The molecule has 0 aliphatic heterocycles. The zero-order chi connectivity index (χ0) is 24.4. The first-order valence-corrected chi connectivity index (χ1v) is 10.9. The Hall–Kier alpha value is -3.62. The molecule has 0 aromatic heterocycles. The summed E-state index contributed by atoms with van der Waals surface area (Å²) in [4.78, 5) is 25.3. The number of anilines is 2. The van der Waals surface area contributed by atoms with E-state index in [4.69, 9.17) is 4.74 Å². The van der Waals surface area contributed by atoms with E-state index in [1.807, 2.05) is 18.2 Å². The minimum atomic E-state index is -0.438. The quantitative estimate of drug-likeness (QED) is 0.281. The molecule has 0 saturated heterocycles. The van der Waals surface area contributed by atoms with Gasteiger partial charge in [-0.3, -0.25) is 14.9 Å². The van der Waals surface area contributed by atoms with Crippen LogP contribution in [-0.4, -0.2) is 43.8 Å². The number of carbonyl (C=O) groups excluding carboxylic acids is 1. The number of hydrogen-bond acceptors (Lipinski definition) is 7. The molecule has 1 amide bonds. The van der Waals surface area contributed by atoms with E-state index in [1.54, 1.807) is 19.2 Å². The van der Waals surface area contributed by atoms with Gasteiger partial charge < -0.3 is 15.0 Å². The van der Waals surface area contributed by atoms with Crippen LogP contribution in [0.2, 0.25) is 0 Å². The SMILES string of the molecule is COc1ccccc1NCC(=O)N/N=C/c1cc([N+](=O)[O-])ccc1N(CC(C)C)CC(C)C. The van der Waals surface area contributed by atoms with Crippen LogP contribution >= 0.6 is 0 Å². The molecule has 9 nitrogen and oxygen atoms in total. The minimum Gasteiger partial charge on any atom is -0.495 e. The van der Waals surface area contributed by atoms with Crippen molar-refractivity contribution in [2.75, 3.05) is 37.0 Å². The highest BCUT2D eigenvalue weighted by Gasteiger charge is 2.17. The van der Waals surface area contributed by atoms with Gasteiger partial charge in [0.1, 0.15) is 5.75 Å². The van der Waals surface area contributed by atoms with Crippen LogP contribution in [0, 0.1) is 22.0 Å². The predicted octanol–water partition coefficient (Wildman–Crippen LogP) is 4.28. The fraction of sp³-hybridized carbons (Fsp3) is 0.417. The molecule has 0 aliphatic carbocycles. The molecule has 0 saturated carbocycles. The number of nitrogens with zero attached hydrogens (tertiary/aromatic N) is 3. The molecule has 0 bridgehead atoms. The first-order chi connectivity index (χ1) is 15.7. The summed E-state index contributed by atoms with van der Waals surface area (Å²) in [5.74, 6) is 1.09. The zero-order valence-corrected chi connectivity index (χ0v) is 19.9. The molecule has 0 unspecified atom stereocenters. The minimum absolute atomic E-state index is 0.00761. The molecule has 9 heteroatoms. The van der Waals surface area contributed by atoms with Crippen LogP contribution in [0.15, 0.2) is 47.6 Å². The van der Waals surface area contributed by atoms with Gasteiger partial charge in [0.2, 0.25) is 0 Å². The number of hydrazone groups is 1. The third-order valence-electron chi connectivity index (χ3n) is 4.67. The third-order valence-corrected chi connectivity index (χ3v) is 4.67. The summed E-state index contributed by atoms with van der Waals surface area (Å²) < 4.78 is 5.25. The summed E-state index contributed by atoms with van der Waals surface area (Å²) >= 11 is 0. The molecule has 0 fully saturated rings. The average Bonchev–Trinajstić information content (AvgIpc) is 2.76. The Morgan fingerprint density at radius 1 is 1.15 bits per heavy atom. The molecule has 2 aromatic rings. The maximum Gasteiger partial charge on any atom is 0.270 e. The fourth-order valence-corrected chi connectivity index (χ4v) is 3.38. The Balaban J connectivity index is 2.16. The number of carbonyl (C=O) groups is 1. The van der Waals surface area contributed by atoms with Crippen LogP contribution in [0.5, 0.6) is 5.75 Å². The van der Waals surface area contributed by atoms with Crippen molar-refractivity contribution in [1.82, 2.24) is 5.43 Å². The molecular weight excluding hydrogens is 422 g/mol. The molecule has 0 aliphatic rings. The van der Waals surface area contributed by atoms with E-state index in [9.17, 15) is 14.9 Å². The molecular formula is C24H33N5O4. The molecule has 2 N–H and O–H groups in total. The topological polar surface area (TPSA) is 109 Å². The summed E-state index contributed by atoms with van der Waals surface area (Å²) in [7, 11) is 1.56. The van der Waals surface area contributed by atoms with Gasteiger partial charge in [0, 0.05) is 36.5 Å². The highest BCUT2D eigenvalue weighted by molar-refractivity contribution is 5.90. The van der Waals surface area contributed by atoms with Gasteiger partial charge in [-0.05, 0) is 30.0 Å². The van der Waals surface area contributed by atoms with Crippen molar-refractivity contribution in [2.24, 2.45) is 16.9 Å². The van der Waals surface area contributed by atoms with Crippen LogP contribution in [0.4, 0.5) is 17.1 Å². The first kappa shape index (κ1) is 25.6. The number of amides is 1. The number of non-ortho nitro benzene ring substituents is 1. The van der Waals surface area contributed by atoms with Crippen molar-refractivity contribution in [3.8, 4) is 5.75 Å². The molecule has 33 heavy (non-hydrogen) atoms. The van der Waals surface area contributed by atoms with E-state index < -0.39 is 4.92 Å². The van der Waals surface area contributed by atoms with Crippen molar-refractivity contribution in [1.29, 1.82) is 0 Å². The molecule has 2 aromatic carbocycles. The first-order valence-electron chi connectivity index (χ1n) is 10.9. The van der Waals surface area contributed by atoms with Gasteiger partial charge in [-0.15, -0.1) is 0 Å². The maximum absolute atomic E-state index is 12.2. The lowest BCUT2D eigenvalue weighted by atomic mass is 10.1. The van der Waals surface area contributed by atoms with Crippen LogP contribution in [0.25, 0.3) is 0 Å². The number of hydrogen-bond donors (Lipinski definition) is 2. The summed E-state index contributed by atoms with van der Waals surface area (Å²) in [6, 6.07) is 12.0. The normalized spacial score (nSPS) is 11.1. The second-order valence-corrected chi connectivity index (χ2v) is 8.54. The smallest absolute Gasteiger partial charge is 0.270 e. The van der Waals surface area contributed by atoms with E-state index in [0.29, 0.717) is 28.8 Å². The van der Waals surface area contributed by atoms with Gasteiger partial charge in [0.05, 0.1) is 30.5 Å². The van der Waals surface area contributed by atoms with Crippen molar-refractivity contribution < 1.29 is 14.5 Å². The number of benzene rings is 2. The summed E-state index contributed by atoms with van der Waals surface area (Å²) in [5, 5.41) is 18.4. The summed E-state index contributed by atoms with van der Waals surface area (Å²) in [6.45, 7) is 10.1. The van der Waals surface area contributed by atoms with E-state index >= 15 is 0 Å². The number of rotatable bonds is 12. The Labute approximate surface area is 195 Å². The Morgan fingerprint density at radius 3 is 2.42 bits per heavy atom. The number of para-hydroxylation sites is 2. The van der Waals surface area contributed by atoms with Gasteiger partial charge in [-0.2, -0.15) is 5.10 Å². The molecule has 0 radical (unpaired) electrons. The van der Waals surface area contributed by atoms with Crippen LogP contribution in [0.1, 0.15) is 33.3 Å². The predicted molar refractivity (Wildman–Crippen MR) is 132 cm³/mol. The van der Waals surface area contributed by atoms with Gasteiger partial charge in [-0.1, -0.05) is 39.8 Å². The zero-order valence-electron chi connectivity index (χ0n) is 19.9. The van der Waals surface area contributed by atoms with Crippen molar-refractivity contribution >= 4 is 29.2 Å². The highest BCUT2D eigenvalue weighted by Crippen LogP contribution is 2.26. The number of methoxy groups -OCH3 is 1. The summed E-state index contributed by atoms with van der Waals surface area (Å²) in [6.07, 6.45) is 1.46. The molecule has 178 valence electrons. The standard InChI is InChI=1S/C24H33N5O4/c1-17(2)15-28(16-18(3)4)22-11-10-20(29(31)32)12-19(22)13-26-27-24(30)14-25-21-8-6-7-9-23(21)33-5/h6-13,17-18,25H,14-16H2,1-5H3,(H,27,30)/b26-13+. The Kier molecular flexibility index (Phi) is 9.65. The lowest BCUT2D eigenvalue weighted by Crippen LogP contribution is -2.32. The number of nitrogens with one attached hydrogen (secondary N) is 2. The Morgan fingerprint density at radius 2 is 1.82 bits per heavy atom. The molecule has 0 atom stereocenters. The van der Waals surface area contributed by atoms with Gasteiger partial charge >= 0.3 is 0 Å². The summed E-state index contributed by atoms with van der Waals surface area (Å²) in [5.41, 5.74) is 4.55. The maximum atomic E-state index is 12.2. The second-order valence-electron chi connectivity index (χ2n) is 8.54. The number of nitro groups is 1. The third kappa shape index (κ3) is 8.10. The van der Waals surface area contributed by atoms with Gasteiger partial charge in [0.25, 0.3) is 11.6 Å². The average molecular weight is 456 g/mol. The highest BCUT2D eigenvalue weighted by atomic mass is 16.6. The van der Waals surface area contributed by atoms with E-state index in [0.717, 1.165) is 18.8 Å². The largest absolute Gasteiger partial charge is 0.495 e. The van der Waals surface area contributed by atoms with Crippen LogP contribution in [0.3, 0.4) is 0 Å².